The average Bonchev–Trinajstić information content (AvgIpc) is 2.51. The van der Waals surface area contributed by atoms with Crippen molar-refractivity contribution in [1.29, 1.82) is 0 Å². The van der Waals surface area contributed by atoms with Gasteiger partial charge in [0.15, 0.2) is 5.82 Å². The van der Waals surface area contributed by atoms with Crippen molar-refractivity contribution in [1.82, 2.24) is 20.2 Å². The highest BCUT2D eigenvalue weighted by Crippen LogP contribution is 2.02. The van der Waals surface area contributed by atoms with Crippen molar-refractivity contribution < 1.29 is 0 Å². The largest absolute Gasteiger partial charge is 0.328 e. The molecule has 0 amide bonds. The zero-order chi connectivity index (χ0) is 9.68. The van der Waals surface area contributed by atoms with E-state index in [1.54, 1.807) is 7.05 Å². The molecule has 0 spiro atoms. The van der Waals surface area contributed by atoms with E-state index in [0.717, 1.165) is 31.5 Å². The van der Waals surface area contributed by atoms with E-state index in [0.29, 0.717) is 6.04 Å². The topological polar surface area (TPSA) is 69.6 Å². The Kier molecular flexibility index (Phi) is 3.82. The van der Waals surface area contributed by atoms with Gasteiger partial charge >= 0.3 is 0 Å². The molecule has 1 unspecified atom stereocenters. The van der Waals surface area contributed by atoms with Gasteiger partial charge in [-0.05, 0) is 24.5 Å². The van der Waals surface area contributed by atoms with Gasteiger partial charge in [0.25, 0.3) is 0 Å². The maximum Gasteiger partial charge on any atom is 0.174 e. The van der Waals surface area contributed by atoms with Crippen molar-refractivity contribution in [2.45, 2.75) is 38.6 Å². The molecule has 0 aliphatic heterocycles. The minimum atomic E-state index is 0.316. The Morgan fingerprint density at radius 2 is 2.31 bits per heavy atom. The van der Waals surface area contributed by atoms with Crippen LogP contribution in [0.3, 0.4) is 0 Å². The molecule has 0 fully saturated rings. The van der Waals surface area contributed by atoms with Crippen LogP contribution in [-0.4, -0.2) is 26.2 Å². The maximum atomic E-state index is 5.78. The van der Waals surface area contributed by atoms with Crippen LogP contribution in [0.4, 0.5) is 0 Å². The first kappa shape index (κ1) is 10.1. The van der Waals surface area contributed by atoms with E-state index in [4.69, 9.17) is 5.73 Å². The summed E-state index contributed by atoms with van der Waals surface area (Å²) in [6, 6.07) is 0.316. The van der Waals surface area contributed by atoms with Gasteiger partial charge < -0.3 is 5.73 Å². The second kappa shape index (κ2) is 4.91. The van der Waals surface area contributed by atoms with Crippen molar-refractivity contribution in [3.05, 3.63) is 5.82 Å². The standard InChI is InChI=1S/C8H17N5/c1-3-7(9)5-4-6-8-10-12-13(2)11-8/h7H,3-6,9H2,1-2H3. The lowest BCUT2D eigenvalue weighted by Crippen LogP contribution is -2.18. The molecule has 1 rings (SSSR count). The highest BCUT2D eigenvalue weighted by Gasteiger charge is 2.02. The number of hydrogen-bond acceptors (Lipinski definition) is 4. The van der Waals surface area contributed by atoms with Crippen molar-refractivity contribution in [2.75, 3.05) is 0 Å². The first-order valence-corrected chi connectivity index (χ1v) is 4.70. The average molecular weight is 183 g/mol. The van der Waals surface area contributed by atoms with Crippen molar-refractivity contribution in [2.24, 2.45) is 12.8 Å². The second-order valence-corrected chi connectivity index (χ2v) is 3.26. The van der Waals surface area contributed by atoms with Gasteiger partial charge in [-0.1, -0.05) is 6.92 Å². The molecule has 1 aromatic rings. The Balaban J connectivity index is 2.20. The van der Waals surface area contributed by atoms with Crippen LogP contribution in [0.25, 0.3) is 0 Å². The number of nitrogens with two attached hydrogens (primary N) is 1. The third kappa shape index (κ3) is 3.50. The molecule has 0 bridgehead atoms. The summed E-state index contributed by atoms with van der Waals surface area (Å²) >= 11 is 0. The van der Waals surface area contributed by atoms with Crippen LogP contribution in [0.15, 0.2) is 0 Å². The fraction of sp³-hybridized carbons (Fsp3) is 0.875. The van der Waals surface area contributed by atoms with Crippen LogP contribution in [0.2, 0.25) is 0 Å². The Hall–Kier alpha value is -0.970. The number of nitrogens with zero attached hydrogens (tertiary/aromatic N) is 4. The number of aryl methyl sites for hydroxylation is 2. The van der Waals surface area contributed by atoms with Crippen LogP contribution < -0.4 is 5.73 Å². The first-order valence-electron chi connectivity index (χ1n) is 4.70. The highest BCUT2D eigenvalue weighted by atomic mass is 15.6. The van der Waals surface area contributed by atoms with Crippen molar-refractivity contribution >= 4 is 0 Å². The fourth-order valence-electron chi connectivity index (χ4n) is 1.15. The molecule has 74 valence electrons. The monoisotopic (exact) mass is 183 g/mol. The molecule has 0 aliphatic carbocycles. The van der Waals surface area contributed by atoms with Gasteiger partial charge in [-0.2, -0.15) is 4.80 Å². The van der Waals surface area contributed by atoms with Crippen LogP contribution in [0.5, 0.6) is 0 Å². The van der Waals surface area contributed by atoms with Gasteiger partial charge in [0, 0.05) is 12.5 Å². The predicted octanol–water partition coefficient (Wildman–Crippen LogP) is 0.270. The number of aromatic nitrogens is 4. The molecule has 0 aliphatic rings. The van der Waals surface area contributed by atoms with Crippen LogP contribution in [0.1, 0.15) is 32.0 Å². The summed E-state index contributed by atoms with van der Waals surface area (Å²) in [6.45, 7) is 2.10. The molecule has 0 saturated heterocycles. The van der Waals surface area contributed by atoms with Gasteiger partial charge in [0.05, 0.1) is 7.05 Å². The molecule has 5 nitrogen and oxygen atoms in total. The number of hydrogen-bond donors (Lipinski definition) is 1. The van der Waals surface area contributed by atoms with Gasteiger partial charge in [-0.15, -0.1) is 10.2 Å². The quantitative estimate of drug-likeness (QED) is 0.711. The first-order chi connectivity index (χ1) is 6.22. The Labute approximate surface area is 78.3 Å². The van der Waals surface area contributed by atoms with Crippen molar-refractivity contribution in [3.63, 3.8) is 0 Å². The summed E-state index contributed by atoms with van der Waals surface area (Å²) in [5, 5.41) is 11.7. The fourth-order valence-corrected chi connectivity index (χ4v) is 1.15. The second-order valence-electron chi connectivity index (χ2n) is 3.26. The van der Waals surface area contributed by atoms with Crippen LogP contribution >= 0.6 is 0 Å². The Bertz CT molecular complexity index is 244. The molecule has 5 heteroatoms. The minimum absolute atomic E-state index is 0.316. The minimum Gasteiger partial charge on any atom is -0.328 e. The van der Waals surface area contributed by atoms with E-state index in [2.05, 4.69) is 22.3 Å². The lowest BCUT2D eigenvalue weighted by molar-refractivity contribution is 0.560. The van der Waals surface area contributed by atoms with E-state index >= 15 is 0 Å². The molecule has 1 heterocycles. The lowest BCUT2D eigenvalue weighted by Gasteiger charge is -2.05. The van der Waals surface area contributed by atoms with Gasteiger partial charge in [-0.3, -0.25) is 0 Å². The molecule has 0 aromatic carbocycles. The SMILES string of the molecule is CCC(N)CCCc1nnn(C)n1. The van der Waals surface area contributed by atoms with E-state index in [9.17, 15) is 0 Å². The van der Waals surface area contributed by atoms with E-state index in [1.807, 2.05) is 0 Å². The summed E-state index contributed by atoms with van der Waals surface area (Å²) in [7, 11) is 1.77. The van der Waals surface area contributed by atoms with Gasteiger partial charge in [-0.25, -0.2) is 0 Å². The van der Waals surface area contributed by atoms with E-state index < -0.39 is 0 Å². The van der Waals surface area contributed by atoms with Gasteiger partial charge in [0.1, 0.15) is 0 Å². The maximum absolute atomic E-state index is 5.78. The molecule has 2 N–H and O–H groups in total. The summed E-state index contributed by atoms with van der Waals surface area (Å²) in [6.07, 6.45) is 3.99. The summed E-state index contributed by atoms with van der Waals surface area (Å²) in [4.78, 5) is 1.48. The van der Waals surface area contributed by atoms with Crippen molar-refractivity contribution in [3.8, 4) is 0 Å². The predicted molar refractivity (Wildman–Crippen MR) is 50.0 cm³/mol. The molecular weight excluding hydrogens is 166 g/mol. The number of rotatable bonds is 5. The van der Waals surface area contributed by atoms with Crippen LogP contribution in [0, 0.1) is 0 Å². The highest BCUT2D eigenvalue weighted by molar-refractivity contribution is 4.77. The number of tetrazole rings is 1. The normalized spacial score (nSPS) is 13.2. The van der Waals surface area contributed by atoms with Crippen LogP contribution in [-0.2, 0) is 13.5 Å². The smallest absolute Gasteiger partial charge is 0.174 e. The van der Waals surface area contributed by atoms with E-state index in [-0.39, 0.29) is 0 Å². The molecule has 0 radical (unpaired) electrons. The van der Waals surface area contributed by atoms with Gasteiger partial charge in [0.2, 0.25) is 0 Å². The Morgan fingerprint density at radius 3 is 2.85 bits per heavy atom. The lowest BCUT2D eigenvalue weighted by atomic mass is 10.1. The summed E-state index contributed by atoms with van der Waals surface area (Å²) in [5.41, 5.74) is 5.78. The third-order valence-corrected chi connectivity index (χ3v) is 2.05. The Morgan fingerprint density at radius 1 is 1.54 bits per heavy atom. The molecule has 0 saturated carbocycles. The molecule has 1 atom stereocenters. The zero-order valence-electron chi connectivity index (χ0n) is 8.27. The zero-order valence-corrected chi connectivity index (χ0v) is 8.27. The molecular formula is C8H17N5. The molecule has 13 heavy (non-hydrogen) atoms. The summed E-state index contributed by atoms with van der Waals surface area (Å²) in [5.74, 6) is 0.811. The molecule has 1 aromatic heterocycles. The third-order valence-electron chi connectivity index (χ3n) is 2.05. The summed E-state index contributed by atoms with van der Waals surface area (Å²) < 4.78 is 0. The van der Waals surface area contributed by atoms with E-state index in [1.165, 1.54) is 4.80 Å².